The van der Waals surface area contributed by atoms with E-state index in [4.69, 9.17) is 0 Å². The average molecular weight is 350 g/mol. The molecule has 10 heteroatoms. The molecule has 1 aliphatic rings. The molecule has 2 heterocycles. The Labute approximate surface area is 131 Å². The lowest BCUT2D eigenvalue weighted by molar-refractivity contribution is 0.252. The lowest BCUT2D eigenvalue weighted by atomic mass is 9.95. The molecule has 0 saturated carbocycles. The highest BCUT2D eigenvalue weighted by Gasteiger charge is 2.31. The molecule has 0 unspecified atom stereocenters. The van der Waals surface area contributed by atoms with Crippen molar-refractivity contribution in [1.29, 1.82) is 0 Å². The fourth-order valence-electron chi connectivity index (χ4n) is 2.69. The number of aromatic nitrogens is 2. The van der Waals surface area contributed by atoms with Gasteiger partial charge in [0, 0.05) is 33.4 Å². The summed E-state index contributed by atoms with van der Waals surface area (Å²) in [7, 11) is -3.74. The van der Waals surface area contributed by atoms with Gasteiger partial charge in [0.2, 0.25) is 0 Å². The minimum atomic E-state index is -3.43. The Hall–Kier alpha value is -0.970. The summed E-state index contributed by atoms with van der Waals surface area (Å²) in [5.41, 5.74) is 0.552. The van der Waals surface area contributed by atoms with Gasteiger partial charge in [-0.2, -0.15) is 22.1 Å². The van der Waals surface area contributed by atoms with Crippen molar-refractivity contribution >= 4 is 20.0 Å². The molecule has 0 bridgehead atoms. The van der Waals surface area contributed by atoms with Gasteiger partial charge in [0.05, 0.1) is 11.9 Å². The van der Waals surface area contributed by atoms with Crippen molar-refractivity contribution in [3.8, 4) is 0 Å². The van der Waals surface area contributed by atoms with Gasteiger partial charge in [-0.1, -0.05) is 0 Å². The maximum atomic E-state index is 12.2. The van der Waals surface area contributed by atoms with Crippen molar-refractivity contribution < 1.29 is 16.8 Å². The van der Waals surface area contributed by atoms with Gasteiger partial charge in [0.1, 0.15) is 4.90 Å². The van der Waals surface area contributed by atoms with Crippen LogP contribution in [0.1, 0.15) is 18.5 Å². The first-order valence-electron chi connectivity index (χ1n) is 7.02. The van der Waals surface area contributed by atoms with Crippen LogP contribution in [-0.4, -0.2) is 69.1 Å². The number of sulfone groups is 1. The van der Waals surface area contributed by atoms with Gasteiger partial charge in [-0.05, 0) is 25.2 Å². The van der Waals surface area contributed by atoms with Gasteiger partial charge in [-0.3, -0.25) is 5.10 Å². The summed E-state index contributed by atoms with van der Waals surface area (Å²) in [6.07, 6.45) is 4.55. The third kappa shape index (κ3) is 3.67. The van der Waals surface area contributed by atoms with Crippen LogP contribution >= 0.6 is 0 Å². The van der Waals surface area contributed by atoms with Crippen molar-refractivity contribution in [3.63, 3.8) is 0 Å². The summed E-state index contributed by atoms with van der Waals surface area (Å²) in [6, 6.07) is 0. The molecule has 1 atom stereocenters. The van der Waals surface area contributed by atoms with E-state index in [-0.39, 0.29) is 10.8 Å². The number of hydrogen-bond acceptors (Lipinski definition) is 5. The second-order valence-corrected chi connectivity index (χ2v) is 9.97. The number of H-pyrrole nitrogens is 1. The smallest absolute Gasteiger partial charge is 0.281 e. The number of hydrogen-bond donors (Lipinski definition) is 1. The molecule has 1 aliphatic heterocycles. The number of nitrogens with one attached hydrogen (secondary N) is 1. The Balaban J connectivity index is 2.14. The number of aromatic amines is 1. The zero-order valence-corrected chi connectivity index (χ0v) is 14.6. The molecule has 1 aromatic heterocycles. The SMILES string of the molecule is CN(C)S(=O)(=O)N1CCC[C@H](Cc2[nH]ncc2S(C)(=O)=O)C1. The first kappa shape index (κ1) is 17.4. The lowest BCUT2D eigenvalue weighted by Crippen LogP contribution is -2.45. The summed E-state index contributed by atoms with van der Waals surface area (Å²) in [5.74, 6) is 0.0735. The highest BCUT2D eigenvalue weighted by atomic mass is 32.2. The minimum absolute atomic E-state index is 0.0735. The molecule has 8 nitrogen and oxygen atoms in total. The molecule has 1 N–H and O–H groups in total. The Morgan fingerprint density at radius 1 is 1.36 bits per heavy atom. The standard InChI is InChI=1S/C12H22N4O4S2/c1-15(2)22(19,20)16-6-4-5-10(9-16)7-11-12(8-13-14-11)21(3,17)18/h8,10H,4-7,9H2,1-3H3,(H,13,14)/t10-/m1/s1. The monoisotopic (exact) mass is 350 g/mol. The summed E-state index contributed by atoms with van der Waals surface area (Å²) < 4.78 is 50.4. The van der Waals surface area contributed by atoms with E-state index in [1.807, 2.05) is 0 Å². The van der Waals surface area contributed by atoms with Gasteiger partial charge in [0.15, 0.2) is 9.84 Å². The molecule has 22 heavy (non-hydrogen) atoms. The van der Waals surface area contributed by atoms with Crippen molar-refractivity contribution in [2.75, 3.05) is 33.4 Å². The zero-order chi connectivity index (χ0) is 16.5. The number of piperidine rings is 1. The molecular weight excluding hydrogens is 328 g/mol. The van der Waals surface area contributed by atoms with Crippen LogP contribution in [-0.2, 0) is 26.5 Å². The van der Waals surface area contributed by atoms with Crippen molar-refractivity contribution in [1.82, 2.24) is 18.8 Å². The predicted molar refractivity (Wildman–Crippen MR) is 82.3 cm³/mol. The van der Waals surface area contributed by atoms with Gasteiger partial charge >= 0.3 is 0 Å². The lowest BCUT2D eigenvalue weighted by Gasteiger charge is -2.33. The van der Waals surface area contributed by atoms with Crippen LogP contribution in [0.3, 0.4) is 0 Å². The third-order valence-electron chi connectivity index (χ3n) is 3.84. The quantitative estimate of drug-likeness (QED) is 0.797. The Morgan fingerprint density at radius 2 is 2.05 bits per heavy atom. The molecule has 0 radical (unpaired) electrons. The summed E-state index contributed by atoms with van der Waals surface area (Å²) >= 11 is 0. The second kappa shape index (κ2) is 6.26. The van der Waals surface area contributed by atoms with E-state index in [1.54, 1.807) is 0 Å². The molecule has 0 aliphatic carbocycles. The van der Waals surface area contributed by atoms with Gasteiger partial charge in [-0.15, -0.1) is 0 Å². The van der Waals surface area contributed by atoms with Crippen molar-refractivity contribution in [3.05, 3.63) is 11.9 Å². The molecule has 1 aromatic rings. The van der Waals surface area contributed by atoms with Gasteiger partial charge in [-0.25, -0.2) is 8.42 Å². The Bertz CT molecular complexity index is 724. The minimum Gasteiger partial charge on any atom is -0.281 e. The van der Waals surface area contributed by atoms with E-state index in [0.717, 1.165) is 19.1 Å². The highest BCUT2D eigenvalue weighted by Crippen LogP contribution is 2.25. The Morgan fingerprint density at radius 3 is 2.64 bits per heavy atom. The maximum absolute atomic E-state index is 12.2. The number of rotatable bonds is 5. The fourth-order valence-corrected chi connectivity index (χ4v) is 4.73. The normalized spacial score (nSPS) is 21.4. The molecule has 0 amide bonds. The van der Waals surface area contributed by atoms with Crippen LogP contribution in [0.25, 0.3) is 0 Å². The molecule has 0 spiro atoms. The van der Waals surface area contributed by atoms with Crippen molar-refractivity contribution in [2.45, 2.75) is 24.2 Å². The average Bonchev–Trinajstić information content (AvgIpc) is 2.87. The molecule has 1 saturated heterocycles. The van der Waals surface area contributed by atoms with E-state index in [1.165, 1.54) is 28.9 Å². The summed E-state index contributed by atoms with van der Waals surface area (Å²) in [5, 5.41) is 6.53. The molecule has 2 rings (SSSR count). The van der Waals surface area contributed by atoms with Crippen LogP contribution in [0.5, 0.6) is 0 Å². The zero-order valence-electron chi connectivity index (χ0n) is 13.0. The highest BCUT2D eigenvalue weighted by molar-refractivity contribution is 7.90. The van der Waals surface area contributed by atoms with E-state index < -0.39 is 20.0 Å². The molecular formula is C12H22N4O4S2. The first-order valence-corrected chi connectivity index (χ1v) is 10.3. The topological polar surface area (TPSA) is 103 Å². The number of nitrogens with zero attached hydrogens (tertiary/aromatic N) is 3. The molecule has 1 fully saturated rings. The molecule has 0 aromatic carbocycles. The predicted octanol–water partition coefficient (Wildman–Crippen LogP) is -0.126. The second-order valence-electron chi connectivity index (χ2n) is 5.85. The molecule has 126 valence electrons. The summed E-state index contributed by atoms with van der Waals surface area (Å²) in [6.45, 7) is 0.891. The van der Waals surface area contributed by atoms with Crippen LogP contribution in [0.15, 0.2) is 11.1 Å². The van der Waals surface area contributed by atoms with Crippen molar-refractivity contribution in [2.24, 2.45) is 5.92 Å². The van der Waals surface area contributed by atoms with Crippen LogP contribution < -0.4 is 0 Å². The maximum Gasteiger partial charge on any atom is 0.281 e. The third-order valence-corrected chi connectivity index (χ3v) is 6.90. The summed E-state index contributed by atoms with van der Waals surface area (Å²) in [4.78, 5) is 0.195. The Kier molecular flexibility index (Phi) is 4.95. The van der Waals surface area contributed by atoms with E-state index in [0.29, 0.717) is 25.2 Å². The fraction of sp³-hybridized carbons (Fsp3) is 0.750. The van der Waals surface area contributed by atoms with E-state index in [2.05, 4.69) is 10.2 Å². The van der Waals surface area contributed by atoms with E-state index >= 15 is 0 Å². The largest absolute Gasteiger partial charge is 0.281 e. The van der Waals surface area contributed by atoms with Crippen LogP contribution in [0, 0.1) is 5.92 Å². The van der Waals surface area contributed by atoms with Crippen LogP contribution in [0.2, 0.25) is 0 Å². The van der Waals surface area contributed by atoms with Gasteiger partial charge in [0.25, 0.3) is 10.2 Å². The van der Waals surface area contributed by atoms with E-state index in [9.17, 15) is 16.8 Å². The van der Waals surface area contributed by atoms with Crippen LogP contribution in [0.4, 0.5) is 0 Å². The first-order chi connectivity index (χ1) is 10.1. The van der Waals surface area contributed by atoms with Gasteiger partial charge < -0.3 is 0 Å².